The molecule has 100 valence electrons. The van der Waals surface area contributed by atoms with Crippen molar-refractivity contribution in [2.24, 2.45) is 17.6 Å². The molecule has 1 saturated carbocycles. The normalized spacial score (nSPS) is 28.5. The third-order valence-electron chi connectivity index (χ3n) is 4.12. The van der Waals surface area contributed by atoms with Crippen molar-refractivity contribution in [1.82, 2.24) is 4.90 Å². The molecule has 17 heavy (non-hydrogen) atoms. The average molecular weight is 242 g/mol. The van der Waals surface area contributed by atoms with E-state index in [1.807, 2.05) is 13.8 Å². The van der Waals surface area contributed by atoms with Gasteiger partial charge < -0.3 is 15.7 Å². The molecule has 0 aliphatic heterocycles. The lowest BCUT2D eigenvalue weighted by Crippen LogP contribution is -2.43. The Kier molecular flexibility index (Phi) is 5.40. The Bertz CT molecular complexity index is 258. The van der Waals surface area contributed by atoms with Gasteiger partial charge in [0.25, 0.3) is 0 Å². The van der Waals surface area contributed by atoms with Gasteiger partial charge in [-0.05, 0) is 32.1 Å². The van der Waals surface area contributed by atoms with Crippen molar-refractivity contribution < 1.29 is 9.90 Å². The molecule has 0 heterocycles. The van der Waals surface area contributed by atoms with Gasteiger partial charge in [0.05, 0.1) is 12.6 Å². The first-order chi connectivity index (χ1) is 7.97. The van der Waals surface area contributed by atoms with Crippen LogP contribution in [0.2, 0.25) is 0 Å². The van der Waals surface area contributed by atoms with Crippen LogP contribution in [0.5, 0.6) is 0 Å². The van der Waals surface area contributed by atoms with E-state index in [-0.39, 0.29) is 30.5 Å². The minimum Gasteiger partial charge on any atom is -0.394 e. The van der Waals surface area contributed by atoms with Gasteiger partial charge in [0.2, 0.25) is 5.91 Å². The predicted octanol–water partition coefficient (Wildman–Crippen LogP) is 0.979. The maximum absolute atomic E-state index is 12.2. The highest BCUT2D eigenvalue weighted by Gasteiger charge is 2.31. The van der Waals surface area contributed by atoms with Crippen LogP contribution in [0.15, 0.2) is 0 Å². The van der Waals surface area contributed by atoms with E-state index in [0.717, 1.165) is 25.7 Å². The number of aliphatic hydroxyl groups excluding tert-OH is 1. The number of carbonyl (C=O) groups is 1. The fourth-order valence-corrected chi connectivity index (χ4v) is 2.58. The fourth-order valence-electron chi connectivity index (χ4n) is 2.58. The van der Waals surface area contributed by atoms with E-state index < -0.39 is 0 Å². The molecular formula is C13H26N2O2. The summed E-state index contributed by atoms with van der Waals surface area (Å²) in [4.78, 5) is 13.9. The second-order valence-corrected chi connectivity index (χ2v) is 5.46. The van der Waals surface area contributed by atoms with Crippen LogP contribution in [0.25, 0.3) is 0 Å². The van der Waals surface area contributed by atoms with Gasteiger partial charge >= 0.3 is 0 Å². The van der Waals surface area contributed by atoms with Gasteiger partial charge in [-0.1, -0.05) is 13.3 Å². The van der Waals surface area contributed by atoms with Gasteiger partial charge in [-0.15, -0.1) is 0 Å². The summed E-state index contributed by atoms with van der Waals surface area (Å²) >= 11 is 0. The van der Waals surface area contributed by atoms with E-state index in [0.29, 0.717) is 5.92 Å². The smallest absolute Gasteiger partial charge is 0.225 e. The maximum atomic E-state index is 12.2. The van der Waals surface area contributed by atoms with Crippen molar-refractivity contribution in [2.75, 3.05) is 13.7 Å². The van der Waals surface area contributed by atoms with Crippen molar-refractivity contribution in [2.45, 2.75) is 51.6 Å². The number of aliphatic hydroxyl groups is 1. The van der Waals surface area contributed by atoms with Crippen LogP contribution in [0.4, 0.5) is 0 Å². The Balaban J connectivity index is 2.56. The number of nitrogens with zero attached hydrogens (tertiary/aromatic N) is 1. The number of nitrogens with two attached hydrogens (primary N) is 1. The van der Waals surface area contributed by atoms with Crippen LogP contribution in [-0.2, 0) is 4.79 Å². The summed E-state index contributed by atoms with van der Waals surface area (Å²) in [5.74, 6) is 0.547. The number of likely N-dealkylation sites (N-methyl/N-ethyl adjacent to an activating group) is 1. The number of rotatable bonds is 4. The molecule has 4 unspecified atom stereocenters. The molecule has 0 spiro atoms. The summed E-state index contributed by atoms with van der Waals surface area (Å²) in [6, 6.07) is 0.145. The number of amides is 1. The van der Waals surface area contributed by atoms with E-state index in [9.17, 15) is 4.79 Å². The Labute approximate surface area is 104 Å². The van der Waals surface area contributed by atoms with Crippen LogP contribution < -0.4 is 5.73 Å². The summed E-state index contributed by atoms with van der Waals surface area (Å²) in [7, 11) is 1.77. The van der Waals surface area contributed by atoms with Gasteiger partial charge in [0.15, 0.2) is 0 Å². The summed E-state index contributed by atoms with van der Waals surface area (Å²) in [5, 5.41) is 9.07. The summed E-state index contributed by atoms with van der Waals surface area (Å²) < 4.78 is 0. The average Bonchev–Trinajstić information content (AvgIpc) is 2.35. The molecule has 3 N–H and O–H groups in total. The van der Waals surface area contributed by atoms with Crippen LogP contribution in [-0.4, -0.2) is 41.7 Å². The highest BCUT2D eigenvalue weighted by atomic mass is 16.3. The van der Waals surface area contributed by atoms with Crippen molar-refractivity contribution in [1.29, 1.82) is 0 Å². The predicted molar refractivity (Wildman–Crippen MR) is 68.4 cm³/mol. The minimum atomic E-state index is -0.109. The summed E-state index contributed by atoms with van der Waals surface area (Å²) in [5.41, 5.74) is 5.96. The molecule has 1 amide bonds. The molecule has 4 nitrogen and oxygen atoms in total. The highest BCUT2D eigenvalue weighted by Crippen LogP contribution is 2.30. The van der Waals surface area contributed by atoms with Crippen LogP contribution in [0.3, 0.4) is 0 Å². The van der Waals surface area contributed by atoms with E-state index in [4.69, 9.17) is 10.8 Å². The first-order valence-electron chi connectivity index (χ1n) is 6.60. The molecular weight excluding hydrogens is 216 g/mol. The Morgan fingerprint density at radius 2 is 2.12 bits per heavy atom. The zero-order valence-corrected chi connectivity index (χ0v) is 11.2. The fraction of sp³-hybridized carbons (Fsp3) is 0.923. The van der Waals surface area contributed by atoms with Gasteiger partial charge in [-0.25, -0.2) is 0 Å². The summed E-state index contributed by atoms with van der Waals surface area (Å²) in [6.07, 6.45) is 4.26. The Morgan fingerprint density at radius 3 is 2.65 bits per heavy atom. The van der Waals surface area contributed by atoms with Crippen molar-refractivity contribution in [3.8, 4) is 0 Å². The third kappa shape index (κ3) is 3.68. The molecule has 0 aromatic heterocycles. The minimum absolute atomic E-state index is 0.0130. The SMILES string of the molecule is CC(C(=O)N(C)C(C)CO)C1CCCC(N)C1. The van der Waals surface area contributed by atoms with E-state index >= 15 is 0 Å². The van der Waals surface area contributed by atoms with Crippen LogP contribution >= 0.6 is 0 Å². The van der Waals surface area contributed by atoms with E-state index in [2.05, 4.69) is 0 Å². The lowest BCUT2D eigenvalue weighted by molar-refractivity contribution is -0.138. The quantitative estimate of drug-likeness (QED) is 0.772. The first-order valence-corrected chi connectivity index (χ1v) is 6.60. The van der Waals surface area contributed by atoms with Crippen LogP contribution in [0, 0.1) is 11.8 Å². The van der Waals surface area contributed by atoms with Crippen molar-refractivity contribution in [3.63, 3.8) is 0 Å². The third-order valence-corrected chi connectivity index (χ3v) is 4.12. The zero-order valence-electron chi connectivity index (χ0n) is 11.2. The largest absolute Gasteiger partial charge is 0.394 e. The Hall–Kier alpha value is -0.610. The van der Waals surface area contributed by atoms with Crippen molar-refractivity contribution >= 4 is 5.91 Å². The maximum Gasteiger partial charge on any atom is 0.225 e. The molecule has 0 bridgehead atoms. The standard InChI is InChI=1S/C13H26N2O2/c1-9(8-16)15(3)13(17)10(2)11-5-4-6-12(14)7-11/h9-12,16H,4-8,14H2,1-3H3. The van der Waals surface area contributed by atoms with Gasteiger partial charge in [0.1, 0.15) is 0 Å². The molecule has 4 atom stereocenters. The topological polar surface area (TPSA) is 66.6 Å². The molecule has 0 saturated heterocycles. The molecule has 1 rings (SSSR count). The molecule has 0 aromatic rings. The summed E-state index contributed by atoms with van der Waals surface area (Å²) in [6.45, 7) is 3.86. The van der Waals surface area contributed by atoms with E-state index in [1.54, 1.807) is 11.9 Å². The van der Waals surface area contributed by atoms with E-state index in [1.165, 1.54) is 0 Å². The lowest BCUT2D eigenvalue weighted by Gasteiger charge is -2.34. The van der Waals surface area contributed by atoms with Crippen LogP contribution in [0.1, 0.15) is 39.5 Å². The monoisotopic (exact) mass is 242 g/mol. The van der Waals surface area contributed by atoms with Gasteiger partial charge in [-0.2, -0.15) is 0 Å². The molecule has 0 radical (unpaired) electrons. The molecule has 1 aliphatic rings. The lowest BCUT2D eigenvalue weighted by atomic mass is 9.78. The highest BCUT2D eigenvalue weighted by molar-refractivity contribution is 5.78. The second kappa shape index (κ2) is 6.36. The van der Waals surface area contributed by atoms with Gasteiger partial charge in [-0.3, -0.25) is 4.79 Å². The molecule has 1 aliphatic carbocycles. The number of carbonyl (C=O) groups excluding carboxylic acids is 1. The molecule has 4 heteroatoms. The Morgan fingerprint density at radius 1 is 1.47 bits per heavy atom. The first kappa shape index (κ1) is 14.5. The second-order valence-electron chi connectivity index (χ2n) is 5.46. The molecule has 1 fully saturated rings. The van der Waals surface area contributed by atoms with Gasteiger partial charge in [0, 0.05) is 19.0 Å². The number of hydrogen-bond acceptors (Lipinski definition) is 3. The zero-order chi connectivity index (χ0) is 13.0. The van der Waals surface area contributed by atoms with Crippen molar-refractivity contribution in [3.05, 3.63) is 0 Å². The molecule has 0 aromatic carbocycles. The number of hydrogen-bond donors (Lipinski definition) is 2.